The quantitative estimate of drug-likeness (QED) is 0.881. The van der Waals surface area contributed by atoms with E-state index >= 15 is 0 Å². The Hall–Kier alpha value is -1.97. The molecule has 1 aromatic carbocycles. The maximum atomic E-state index is 13.0. The third-order valence-corrected chi connectivity index (χ3v) is 2.55. The van der Waals surface area contributed by atoms with E-state index < -0.39 is 11.6 Å². The summed E-state index contributed by atoms with van der Waals surface area (Å²) in [7, 11) is 0. The van der Waals surface area contributed by atoms with Crippen molar-refractivity contribution in [2.45, 2.75) is 13.5 Å². The lowest BCUT2D eigenvalue weighted by Crippen LogP contribution is -2.02. The van der Waals surface area contributed by atoms with Crippen molar-refractivity contribution in [1.29, 1.82) is 0 Å². The smallest absolute Gasteiger partial charge is 0.160 e. The zero-order valence-electron chi connectivity index (χ0n) is 9.37. The molecule has 0 spiro atoms. The molecule has 2 nitrogen and oxygen atoms in total. The molecule has 0 aliphatic carbocycles. The summed E-state index contributed by atoms with van der Waals surface area (Å²) < 4.78 is 25.7. The van der Waals surface area contributed by atoms with Crippen molar-refractivity contribution in [1.82, 2.24) is 4.98 Å². The molecule has 0 atom stereocenters. The number of anilines is 1. The molecule has 88 valence electrons. The molecule has 0 aliphatic rings. The number of benzene rings is 1. The predicted octanol–water partition coefficient (Wildman–Crippen LogP) is 3.28. The van der Waals surface area contributed by atoms with Crippen LogP contribution < -0.4 is 5.32 Å². The molecule has 0 radical (unpaired) electrons. The van der Waals surface area contributed by atoms with Crippen LogP contribution >= 0.6 is 0 Å². The topological polar surface area (TPSA) is 24.9 Å². The Labute approximate surface area is 98.3 Å². The normalized spacial score (nSPS) is 10.3. The van der Waals surface area contributed by atoms with Gasteiger partial charge in [0, 0.05) is 30.7 Å². The number of hydrogen-bond acceptors (Lipinski definition) is 2. The monoisotopic (exact) mass is 234 g/mol. The van der Waals surface area contributed by atoms with Gasteiger partial charge in [0.1, 0.15) is 0 Å². The fraction of sp³-hybridized carbons (Fsp3) is 0.154. The second-order valence-corrected chi connectivity index (χ2v) is 3.78. The van der Waals surface area contributed by atoms with Gasteiger partial charge in [-0.15, -0.1) is 0 Å². The van der Waals surface area contributed by atoms with Crippen molar-refractivity contribution in [3.05, 3.63) is 59.4 Å². The molecule has 4 heteroatoms. The van der Waals surface area contributed by atoms with E-state index in [2.05, 4.69) is 10.3 Å². The minimum atomic E-state index is -0.849. The molecule has 0 aliphatic heterocycles. The molecular weight excluding hydrogens is 222 g/mol. The van der Waals surface area contributed by atoms with Crippen LogP contribution in [-0.2, 0) is 6.54 Å². The summed E-state index contributed by atoms with van der Waals surface area (Å²) in [5.74, 6) is -1.69. The van der Waals surface area contributed by atoms with Gasteiger partial charge >= 0.3 is 0 Å². The average molecular weight is 234 g/mol. The van der Waals surface area contributed by atoms with Crippen molar-refractivity contribution in [3.8, 4) is 0 Å². The number of nitrogens with zero attached hydrogens (tertiary/aromatic N) is 1. The average Bonchev–Trinajstić information content (AvgIpc) is 2.32. The van der Waals surface area contributed by atoms with Crippen molar-refractivity contribution in [2.24, 2.45) is 0 Å². The highest BCUT2D eigenvalue weighted by Gasteiger charge is 2.03. The third-order valence-electron chi connectivity index (χ3n) is 2.55. The third kappa shape index (κ3) is 2.78. The van der Waals surface area contributed by atoms with Crippen LogP contribution in [0.2, 0.25) is 0 Å². The molecule has 2 aromatic rings. The van der Waals surface area contributed by atoms with Crippen molar-refractivity contribution < 1.29 is 8.78 Å². The van der Waals surface area contributed by atoms with Crippen LogP contribution in [0.1, 0.15) is 11.1 Å². The first kappa shape index (κ1) is 11.5. The molecule has 1 aromatic heterocycles. The SMILES string of the molecule is Cc1ccncc1CNc1ccc(F)c(F)c1. The highest BCUT2D eigenvalue weighted by Crippen LogP contribution is 2.14. The standard InChI is InChI=1S/C13H12F2N2/c1-9-4-5-16-7-10(9)8-17-11-2-3-12(14)13(15)6-11/h2-7,17H,8H2,1H3. The summed E-state index contributed by atoms with van der Waals surface area (Å²) in [4.78, 5) is 4.02. The molecule has 17 heavy (non-hydrogen) atoms. The summed E-state index contributed by atoms with van der Waals surface area (Å²) in [6.45, 7) is 2.51. The Morgan fingerprint density at radius 1 is 1.18 bits per heavy atom. The summed E-state index contributed by atoms with van der Waals surface area (Å²) >= 11 is 0. The number of hydrogen-bond donors (Lipinski definition) is 1. The number of halogens is 2. The summed E-state index contributed by atoms with van der Waals surface area (Å²) in [5, 5.41) is 3.02. The molecule has 0 fully saturated rings. The molecule has 0 amide bonds. The first-order chi connectivity index (χ1) is 8.16. The van der Waals surface area contributed by atoms with Gasteiger partial charge in [0.05, 0.1) is 0 Å². The Morgan fingerprint density at radius 3 is 2.71 bits per heavy atom. The maximum absolute atomic E-state index is 13.0. The Balaban J connectivity index is 2.08. The summed E-state index contributed by atoms with van der Waals surface area (Å²) in [6.07, 6.45) is 3.47. The van der Waals surface area contributed by atoms with Crippen LogP contribution in [0, 0.1) is 18.6 Å². The van der Waals surface area contributed by atoms with E-state index in [0.29, 0.717) is 12.2 Å². The van der Waals surface area contributed by atoms with E-state index in [1.807, 2.05) is 13.0 Å². The number of nitrogens with one attached hydrogen (secondary N) is 1. The molecule has 2 rings (SSSR count). The molecule has 0 bridgehead atoms. The molecular formula is C13H12F2N2. The highest BCUT2D eigenvalue weighted by molar-refractivity contribution is 5.44. The largest absolute Gasteiger partial charge is 0.381 e. The fourth-order valence-corrected chi connectivity index (χ4v) is 1.49. The lowest BCUT2D eigenvalue weighted by Gasteiger charge is -2.08. The van der Waals surface area contributed by atoms with Gasteiger partial charge in [-0.05, 0) is 36.2 Å². The van der Waals surface area contributed by atoms with E-state index in [1.54, 1.807) is 12.4 Å². The minimum absolute atomic E-state index is 0.532. The van der Waals surface area contributed by atoms with E-state index in [0.717, 1.165) is 23.3 Å². The van der Waals surface area contributed by atoms with Crippen molar-refractivity contribution in [3.63, 3.8) is 0 Å². The van der Waals surface area contributed by atoms with E-state index in [-0.39, 0.29) is 0 Å². The van der Waals surface area contributed by atoms with Gasteiger partial charge in [-0.2, -0.15) is 0 Å². The van der Waals surface area contributed by atoms with Crippen LogP contribution in [-0.4, -0.2) is 4.98 Å². The summed E-state index contributed by atoms with van der Waals surface area (Å²) in [5.41, 5.74) is 2.68. The first-order valence-corrected chi connectivity index (χ1v) is 5.25. The van der Waals surface area contributed by atoms with Crippen molar-refractivity contribution >= 4 is 5.69 Å². The number of aromatic nitrogens is 1. The van der Waals surface area contributed by atoms with Gasteiger partial charge in [-0.1, -0.05) is 0 Å². The zero-order chi connectivity index (χ0) is 12.3. The Kier molecular flexibility index (Phi) is 3.32. The van der Waals surface area contributed by atoms with Crippen LogP contribution in [0.25, 0.3) is 0 Å². The van der Waals surface area contributed by atoms with E-state index in [4.69, 9.17) is 0 Å². The first-order valence-electron chi connectivity index (χ1n) is 5.25. The van der Waals surface area contributed by atoms with Crippen LogP contribution in [0.4, 0.5) is 14.5 Å². The molecule has 0 saturated heterocycles. The van der Waals surface area contributed by atoms with Crippen LogP contribution in [0.5, 0.6) is 0 Å². The Morgan fingerprint density at radius 2 is 2.00 bits per heavy atom. The molecule has 0 unspecified atom stereocenters. The van der Waals surface area contributed by atoms with Gasteiger partial charge in [0.25, 0.3) is 0 Å². The number of aryl methyl sites for hydroxylation is 1. The predicted molar refractivity (Wildman–Crippen MR) is 62.7 cm³/mol. The maximum Gasteiger partial charge on any atom is 0.160 e. The number of rotatable bonds is 3. The Bertz CT molecular complexity index is 527. The zero-order valence-corrected chi connectivity index (χ0v) is 9.37. The summed E-state index contributed by atoms with van der Waals surface area (Å²) in [6, 6.07) is 5.65. The van der Waals surface area contributed by atoms with Gasteiger partial charge in [0.15, 0.2) is 11.6 Å². The highest BCUT2D eigenvalue weighted by atomic mass is 19.2. The molecule has 1 heterocycles. The van der Waals surface area contributed by atoms with Crippen LogP contribution in [0.3, 0.4) is 0 Å². The van der Waals surface area contributed by atoms with Gasteiger partial charge in [-0.25, -0.2) is 8.78 Å². The van der Waals surface area contributed by atoms with E-state index in [1.165, 1.54) is 6.07 Å². The van der Waals surface area contributed by atoms with Crippen molar-refractivity contribution in [2.75, 3.05) is 5.32 Å². The second-order valence-electron chi connectivity index (χ2n) is 3.78. The number of pyridine rings is 1. The van der Waals surface area contributed by atoms with E-state index in [9.17, 15) is 8.78 Å². The molecule has 1 N–H and O–H groups in total. The second kappa shape index (κ2) is 4.91. The van der Waals surface area contributed by atoms with Gasteiger partial charge in [0.2, 0.25) is 0 Å². The minimum Gasteiger partial charge on any atom is -0.381 e. The lowest BCUT2D eigenvalue weighted by molar-refractivity contribution is 0.509. The lowest BCUT2D eigenvalue weighted by atomic mass is 10.1. The van der Waals surface area contributed by atoms with Crippen LogP contribution in [0.15, 0.2) is 36.7 Å². The molecule has 0 saturated carbocycles. The van der Waals surface area contributed by atoms with Gasteiger partial charge < -0.3 is 5.32 Å². The fourth-order valence-electron chi connectivity index (χ4n) is 1.49. The van der Waals surface area contributed by atoms with Gasteiger partial charge in [-0.3, -0.25) is 4.98 Å².